The molecule has 1 fully saturated rings. The molecule has 0 spiro atoms. The fourth-order valence-electron chi connectivity index (χ4n) is 2.43. The number of anilines is 1. The Balaban J connectivity index is 1.67. The van der Waals surface area contributed by atoms with E-state index in [4.69, 9.17) is 9.15 Å². The van der Waals surface area contributed by atoms with E-state index in [1.165, 1.54) is 0 Å². The fraction of sp³-hybridized carbons (Fsp3) is 0.375. The summed E-state index contributed by atoms with van der Waals surface area (Å²) in [5.41, 5.74) is 1.96. The van der Waals surface area contributed by atoms with Crippen molar-refractivity contribution in [1.29, 1.82) is 0 Å². The van der Waals surface area contributed by atoms with Crippen molar-refractivity contribution in [2.24, 2.45) is 0 Å². The molecule has 3 rings (SSSR count). The molecule has 22 heavy (non-hydrogen) atoms. The summed E-state index contributed by atoms with van der Waals surface area (Å²) in [5.74, 6) is 1.47. The second-order valence-corrected chi connectivity index (χ2v) is 5.33. The van der Waals surface area contributed by atoms with Gasteiger partial charge in [0.15, 0.2) is 0 Å². The highest BCUT2D eigenvalue weighted by molar-refractivity contribution is 5.89. The number of amides is 1. The summed E-state index contributed by atoms with van der Waals surface area (Å²) in [7, 11) is 0. The van der Waals surface area contributed by atoms with E-state index < -0.39 is 0 Å². The van der Waals surface area contributed by atoms with Gasteiger partial charge in [-0.25, -0.2) is 9.78 Å². The van der Waals surface area contributed by atoms with Crippen LogP contribution in [0.2, 0.25) is 0 Å². The Hall–Kier alpha value is -2.34. The summed E-state index contributed by atoms with van der Waals surface area (Å²) < 4.78 is 10.4. The standard InChI is InChI=1S/C16H19N3O3/c1-11-9-18-15(22-11)10-17-12(2)13-4-3-5-14(8-13)19-6-7-21-16(19)20/h3-5,8-9,12,17H,6-7,10H2,1-2H3/t12-/m1/s1. The van der Waals surface area contributed by atoms with E-state index in [0.717, 1.165) is 17.0 Å². The maximum absolute atomic E-state index is 11.6. The normalized spacial score (nSPS) is 15.9. The number of aromatic nitrogens is 1. The lowest BCUT2D eigenvalue weighted by Crippen LogP contribution is -2.24. The van der Waals surface area contributed by atoms with Gasteiger partial charge in [0.25, 0.3) is 0 Å². The summed E-state index contributed by atoms with van der Waals surface area (Å²) in [4.78, 5) is 17.5. The summed E-state index contributed by atoms with van der Waals surface area (Å²) in [5, 5.41) is 3.37. The molecule has 1 amide bonds. The molecular formula is C16H19N3O3. The van der Waals surface area contributed by atoms with Gasteiger partial charge in [0, 0.05) is 11.7 Å². The van der Waals surface area contributed by atoms with Gasteiger partial charge in [0.1, 0.15) is 12.4 Å². The molecule has 1 N–H and O–H groups in total. The van der Waals surface area contributed by atoms with E-state index in [1.807, 2.05) is 31.2 Å². The van der Waals surface area contributed by atoms with Crippen molar-refractivity contribution in [3.05, 3.63) is 47.7 Å². The lowest BCUT2D eigenvalue weighted by Gasteiger charge is -2.17. The number of carbonyl (C=O) groups excluding carboxylic acids is 1. The predicted octanol–water partition coefficient (Wildman–Crippen LogP) is 2.79. The lowest BCUT2D eigenvalue weighted by atomic mass is 10.1. The van der Waals surface area contributed by atoms with Gasteiger partial charge in [-0.15, -0.1) is 0 Å². The van der Waals surface area contributed by atoms with Crippen molar-refractivity contribution >= 4 is 11.8 Å². The van der Waals surface area contributed by atoms with Crippen molar-refractivity contribution in [3.8, 4) is 0 Å². The van der Waals surface area contributed by atoms with Crippen LogP contribution in [-0.2, 0) is 11.3 Å². The van der Waals surface area contributed by atoms with Crippen LogP contribution in [0.5, 0.6) is 0 Å². The van der Waals surface area contributed by atoms with Gasteiger partial charge in [-0.05, 0) is 31.5 Å². The van der Waals surface area contributed by atoms with E-state index in [-0.39, 0.29) is 12.1 Å². The van der Waals surface area contributed by atoms with Gasteiger partial charge in [-0.1, -0.05) is 12.1 Å². The molecule has 0 saturated carbocycles. The molecule has 1 aliphatic rings. The van der Waals surface area contributed by atoms with Gasteiger partial charge in [-0.3, -0.25) is 4.90 Å². The van der Waals surface area contributed by atoms with Crippen molar-refractivity contribution < 1.29 is 13.9 Å². The molecule has 1 atom stereocenters. The number of hydrogen-bond acceptors (Lipinski definition) is 5. The average molecular weight is 301 g/mol. The number of ether oxygens (including phenoxy) is 1. The first kappa shape index (κ1) is 14.6. The Labute approximate surface area is 129 Å². The zero-order valence-corrected chi connectivity index (χ0v) is 12.7. The number of oxazole rings is 1. The minimum Gasteiger partial charge on any atom is -0.447 e. The van der Waals surface area contributed by atoms with Gasteiger partial charge >= 0.3 is 6.09 Å². The molecule has 1 saturated heterocycles. The third-order valence-corrected chi connectivity index (χ3v) is 3.67. The number of benzene rings is 1. The minimum atomic E-state index is -0.284. The number of rotatable bonds is 5. The Morgan fingerprint density at radius 2 is 2.32 bits per heavy atom. The van der Waals surface area contributed by atoms with E-state index in [0.29, 0.717) is 25.6 Å². The maximum atomic E-state index is 11.6. The highest BCUT2D eigenvalue weighted by Crippen LogP contribution is 2.23. The second kappa shape index (κ2) is 6.19. The summed E-state index contributed by atoms with van der Waals surface area (Å²) in [6.07, 6.45) is 1.43. The topological polar surface area (TPSA) is 67.6 Å². The Morgan fingerprint density at radius 3 is 3.00 bits per heavy atom. The van der Waals surface area contributed by atoms with E-state index >= 15 is 0 Å². The molecule has 0 radical (unpaired) electrons. The zero-order valence-electron chi connectivity index (χ0n) is 12.7. The van der Waals surface area contributed by atoms with Crippen LogP contribution in [0.1, 0.15) is 30.2 Å². The molecule has 1 aliphatic heterocycles. The van der Waals surface area contributed by atoms with E-state index in [1.54, 1.807) is 11.1 Å². The molecule has 1 aromatic heterocycles. The molecule has 0 aliphatic carbocycles. The van der Waals surface area contributed by atoms with Crippen LogP contribution in [0, 0.1) is 6.92 Å². The van der Waals surface area contributed by atoms with Crippen molar-refractivity contribution in [1.82, 2.24) is 10.3 Å². The first-order valence-corrected chi connectivity index (χ1v) is 7.32. The molecule has 6 nitrogen and oxygen atoms in total. The average Bonchev–Trinajstić information content (AvgIpc) is 3.13. The van der Waals surface area contributed by atoms with Gasteiger partial charge in [0.05, 0.1) is 19.3 Å². The number of hydrogen-bond donors (Lipinski definition) is 1. The van der Waals surface area contributed by atoms with Crippen molar-refractivity contribution in [2.75, 3.05) is 18.1 Å². The monoisotopic (exact) mass is 301 g/mol. The first-order valence-electron chi connectivity index (χ1n) is 7.32. The van der Waals surface area contributed by atoms with Gasteiger partial charge in [-0.2, -0.15) is 0 Å². The molecule has 0 bridgehead atoms. The molecule has 1 aromatic carbocycles. The van der Waals surface area contributed by atoms with Crippen molar-refractivity contribution in [3.63, 3.8) is 0 Å². The van der Waals surface area contributed by atoms with E-state index in [2.05, 4.69) is 17.2 Å². The first-order chi connectivity index (χ1) is 10.6. The molecule has 116 valence electrons. The molecule has 2 heterocycles. The number of carbonyl (C=O) groups is 1. The minimum absolute atomic E-state index is 0.116. The van der Waals surface area contributed by atoms with Crippen LogP contribution in [0.25, 0.3) is 0 Å². The summed E-state index contributed by atoms with van der Waals surface area (Å²) in [6.45, 7) is 5.54. The fourth-order valence-corrected chi connectivity index (χ4v) is 2.43. The Kier molecular flexibility index (Phi) is 4.11. The number of nitrogens with zero attached hydrogens (tertiary/aromatic N) is 2. The van der Waals surface area contributed by atoms with Crippen LogP contribution in [-0.4, -0.2) is 24.2 Å². The molecule has 2 aromatic rings. The lowest BCUT2D eigenvalue weighted by molar-refractivity contribution is 0.181. The van der Waals surface area contributed by atoms with E-state index in [9.17, 15) is 4.79 Å². The zero-order chi connectivity index (χ0) is 15.5. The summed E-state index contributed by atoms with van der Waals surface area (Å²) >= 11 is 0. The Morgan fingerprint density at radius 1 is 1.45 bits per heavy atom. The predicted molar refractivity (Wildman–Crippen MR) is 81.6 cm³/mol. The quantitative estimate of drug-likeness (QED) is 0.919. The third kappa shape index (κ3) is 3.12. The van der Waals surface area contributed by atoms with Gasteiger partial charge in [0.2, 0.25) is 5.89 Å². The smallest absolute Gasteiger partial charge is 0.414 e. The van der Waals surface area contributed by atoms with Crippen LogP contribution in [0.4, 0.5) is 10.5 Å². The highest BCUT2D eigenvalue weighted by Gasteiger charge is 2.23. The highest BCUT2D eigenvalue weighted by atomic mass is 16.6. The molecular weight excluding hydrogens is 282 g/mol. The van der Waals surface area contributed by atoms with Crippen LogP contribution >= 0.6 is 0 Å². The summed E-state index contributed by atoms with van der Waals surface area (Å²) in [6, 6.07) is 8.02. The van der Waals surface area contributed by atoms with Crippen molar-refractivity contribution in [2.45, 2.75) is 26.4 Å². The Bertz CT molecular complexity index is 668. The van der Waals surface area contributed by atoms with Gasteiger partial charge < -0.3 is 14.5 Å². The number of nitrogens with one attached hydrogen (secondary N) is 1. The maximum Gasteiger partial charge on any atom is 0.414 e. The third-order valence-electron chi connectivity index (χ3n) is 3.67. The van der Waals surface area contributed by atoms with Crippen LogP contribution in [0.15, 0.2) is 34.9 Å². The largest absolute Gasteiger partial charge is 0.447 e. The second-order valence-electron chi connectivity index (χ2n) is 5.33. The number of cyclic esters (lactones) is 1. The SMILES string of the molecule is Cc1cnc(CN[C@H](C)c2cccc(N3CCOC3=O)c2)o1. The molecule has 6 heteroatoms. The van der Waals surface area contributed by atoms with Crippen LogP contribution < -0.4 is 10.2 Å². The number of aryl methyl sites for hydroxylation is 1. The molecule has 0 unspecified atom stereocenters. The van der Waals surface area contributed by atoms with Crippen LogP contribution in [0.3, 0.4) is 0 Å².